The van der Waals surface area contributed by atoms with Crippen LogP contribution in [0.5, 0.6) is 0 Å². The van der Waals surface area contributed by atoms with Gasteiger partial charge in [-0.3, -0.25) is 4.79 Å². The van der Waals surface area contributed by atoms with Crippen molar-refractivity contribution >= 4 is 57.7 Å². The summed E-state index contributed by atoms with van der Waals surface area (Å²) >= 11 is 17.5. The molecule has 0 aliphatic rings. The van der Waals surface area contributed by atoms with Gasteiger partial charge in [-0.15, -0.1) is 11.3 Å². The standard InChI is InChI=1S/C9H10Cl2N2OS2/c10-6-4-5(8(11)16-6)9(14)13-3-1-2-7(12)15/h4H,1-3H2,(H2,12,15)(H,13,14). The summed E-state index contributed by atoms with van der Waals surface area (Å²) < 4.78 is 0.898. The Morgan fingerprint density at radius 3 is 2.75 bits per heavy atom. The van der Waals surface area contributed by atoms with Crippen LogP contribution in [0, 0.1) is 0 Å². The second-order valence-corrected chi connectivity index (χ2v) is 5.87. The zero-order valence-electron chi connectivity index (χ0n) is 8.26. The highest BCUT2D eigenvalue weighted by Crippen LogP contribution is 2.30. The molecule has 0 atom stereocenters. The van der Waals surface area contributed by atoms with E-state index >= 15 is 0 Å². The molecule has 1 amide bonds. The largest absolute Gasteiger partial charge is 0.393 e. The minimum absolute atomic E-state index is 0.226. The lowest BCUT2D eigenvalue weighted by atomic mass is 10.3. The SMILES string of the molecule is NC(=S)CCCNC(=O)c1cc(Cl)sc1Cl. The van der Waals surface area contributed by atoms with Crippen LogP contribution in [0.1, 0.15) is 23.2 Å². The van der Waals surface area contributed by atoms with Crippen LogP contribution in [0.15, 0.2) is 6.07 Å². The molecule has 3 N–H and O–H groups in total. The van der Waals surface area contributed by atoms with E-state index in [9.17, 15) is 4.79 Å². The third kappa shape index (κ3) is 4.25. The topological polar surface area (TPSA) is 55.1 Å². The van der Waals surface area contributed by atoms with Crippen molar-refractivity contribution in [2.24, 2.45) is 5.73 Å². The van der Waals surface area contributed by atoms with Crippen LogP contribution in [0.4, 0.5) is 0 Å². The predicted octanol–water partition coefficient (Wildman–Crippen LogP) is 2.85. The second kappa shape index (κ2) is 6.39. The maximum absolute atomic E-state index is 11.6. The summed E-state index contributed by atoms with van der Waals surface area (Å²) in [7, 11) is 0. The van der Waals surface area contributed by atoms with Gasteiger partial charge in [-0.2, -0.15) is 0 Å². The number of carbonyl (C=O) groups excluding carboxylic acids is 1. The predicted molar refractivity (Wildman–Crippen MR) is 72.7 cm³/mol. The Morgan fingerprint density at radius 1 is 1.56 bits per heavy atom. The average Bonchev–Trinajstić information content (AvgIpc) is 2.52. The van der Waals surface area contributed by atoms with Crippen molar-refractivity contribution in [3.63, 3.8) is 0 Å². The maximum Gasteiger partial charge on any atom is 0.253 e. The molecule has 7 heteroatoms. The van der Waals surface area contributed by atoms with Crippen LogP contribution in [-0.2, 0) is 0 Å². The van der Waals surface area contributed by atoms with E-state index < -0.39 is 0 Å². The zero-order valence-corrected chi connectivity index (χ0v) is 11.4. The van der Waals surface area contributed by atoms with Crippen molar-refractivity contribution in [2.75, 3.05) is 6.54 Å². The molecule has 0 unspecified atom stereocenters. The fourth-order valence-corrected chi connectivity index (χ4v) is 2.66. The molecule has 1 aromatic rings. The number of nitrogens with two attached hydrogens (primary N) is 1. The molecule has 0 aliphatic heterocycles. The third-order valence-corrected chi connectivity index (χ3v) is 3.48. The summed E-state index contributed by atoms with van der Waals surface area (Å²) in [5, 5.41) is 2.72. The van der Waals surface area contributed by atoms with E-state index in [1.807, 2.05) is 0 Å². The zero-order chi connectivity index (χ0) is 12.1. The lowest BCUT2D eigenvalue weighted by Gasteiger charge is -2.03. The Hall–Kier alpha value is -0.360. The van der Waals surface area contributed by atoms with E-state index in [4.69, 9.17) is 41.2 Å². The van der Waals surface area contributed by atoms with Crippen LogP contribution < -0.4 is 11.1 Å². The van der Waals surface area contributed by atoms with E-state index in [1.165, 1.54) is 11.3 Å². The monoisotopic (exact) mass is 296 g/mol. The molecule has 0 radical (unpaired) electrons. The van der Waals surface area contributed by atoms with Gasteiger partial charge in [0.05, 0.1) is 14.9 Å². The molecule has 0 bridgehead atoms. The van der Waals surface area contributed by atoms with Crippen LogP contribution in [-0.4, -0.2) is 17.4 Å². The molecule has 0 saturated carbocycles. The molecular formula is C9H10Cl2N2OS2. The molecule has 0 aromatic carbocycles. The molecule has 1 heterocycles. The van der Waals surface area contributed by atoms with E-state index in [1.54, 1.807) is 6.07 Å². The maximum atomic E-state index is 11.6. The van der Waals surface area contributed by atoms with Gasteiger partial charge in [-0.25, -0.2) is 0 Å². The summed E-state index contributed by atoms with van der Waals surface area (Å²) in [6.07, 6.45) is 1.34. The van der Waals surface area contributed by atoms with Gasteiger partial charge >= 0.3 is 0 Å². The highest BCUT2D eigenvalue weighted by molar-refractivity contribution is 7.80. The number of rotatable bonds is 5. The van der Waals surface area contributed by atoms with E-state index in [0.717, 1.165) is 6.42 Å². The molecule has 0 aliphatic carbocycles. The molecule has 88 valence electrons. The van der Waals surface area contributed by atoms with Crippen molar-refractivity contribution in [1.82, 2.24) is 5.32 Å². The Balaban J connectivity index is 2.41. The number of hydrogen-bond donors (Lipinski definition) is 2. The number of amides is 1. The van der Waals surface area contributed by atoms with Crippen LogP contribution in [0.2, 0.25) is 8.67 Å². The number of halogens is 2. The van der Waals surface area contributed by atoms with Crippen LogP contribution >= 0.6 is 46.8 Å². The quantitative estimate of drug-likeness (QED) is 0.649. The van der Waals surface area contributed by atoms with Gasteiger partial charge in [0, 0.05) is 6.54 Å². The van der Waals surface area contributed by atoms with E-state index in [2.05, 4.69) is 5.32 Å². The second-order valence-electron chi connectivity index (χ2n) is 3.06. The first-order valence-corrected chi connectivity index (χ1v) is 6.50. The van der Waals surface area contributed by atoms with Gasteiger partial charge in [-0.05, 0) is 18.9 Å². The fourth-order valence-electron chi connectivity index (χ4n) is 1.05. The number of carbonyl (C=O) groups is 1. The minimum atomic E-state index is -0.226. The molecule has 16 heavy (non-hydrogen) atoms. The molecule has 1 aromatic heterocycles. The van der Waals surface area contributed by atoms with E-state index in [-0.39, 0.29) is 5.91 Å². The molecule has 3 nitrogen and oxygen atoms in total. The third-order valence-electron chi connectivity index (χ3n) is 1.79. The van der Waals surface area contributed by atoms with Crippen molar-refractivity contribution in [2.45, 2.75) is 12.8 Å². The summed E-state index contributed by atoms with van der Waals surface area (Å²) in [6.45, 7) is 0.514. The summed E-state index contributed by atoms with van der Waals surface area (Å²) in [6, 6.07) is 1.55. The Bertz CT molecular complexity index is 406. The number of nitrogens with one attached hydrogen (secondary N) is 1. The van der Waals surface area contributed by atoms with Crippen molar-refractivity contribution in [3.05, 3.63) is 20.3 Å². The fraction of sp³-hybridized carbons (Fsp3) is 0.333. The van der Waals surface area contributed by atoms with Gasteiger partial charge in [0.1, 0.15) is 4.34 Å². The lowest BCUT2D eigenvalue weighted by molar-refractivity contribution is 0.0954. The van der Waals surface area contributed by atoms with Gasteiger partial charge in [0.25, 0.3) is 5.91 Å². The first-order chi connectivity index (χ1) is 7.50. The van der Waals surface area contributed by atoms with Gasteiger partial charge in [0.2, 0.25) is 0 Å². The van der Waals surface area contributed by atoms with Gasteiger partial charge in [-0.1, -0.05) is 35.4 Å². The number of thiophene rings is 1. The Kier molecular flexibility index (Phi) is 5.48. The first kappa shape index (κ1) is 13.7. The summed E-state index contributed by atoms with van der Waals surface area (Å²) in [5.41, 5.74) is 5.74. The highest BCUT2D eigenvalue weighted by atomic mass is 35.5. The van der Waals surface area contributed by atoms with E-state index in [0.29, 0.717) is 32.2 Å². The first-order valence-electron chi connectivity index (χ1n) is 4.52. The smallest absolute Gasteiger partial charge is 0.253 e. The summed E-state index contributed by atoms with van der Waals surface area (Å²) in [5.74, 6) is -0.226. The van der Waals surface area contributed by atoms with Crippen molar-refractivity contribution in [1.29, 1.82) is 0 Å². The number of thiocarbonyl (C=S) groups is 1. The van der Waals surface area contributed by atoms with Crippen molar-refractivity contribution < 1.29 is 4.79 Å². The highest BCUT2D eigenvalue weighted by Gasteiger charge is 2.13. The van der Waals surface area contributed by atoms with Gasteiger partial charge in [0.15, 0.2) is 0 Å². The van der Waals surface area contributed by atoms with Crippen LogP contribution in [0.3, 0.4) is 0 Å². The normalized spacial score (nSPS) is 10.1. The lowest BCUT2D eigenvalue weighted by Crippen LogP contribution is -2.25. The van der Waals surface area contributed by atoms with Crippen molar-refractivity contribution in [3.8, 4) is 0 Å². The number of hydrogen-bond acceptors (Lipinski definition) is 3. The molecule has 0 saturated heterocycles. The van der Waals surface area contributed by atoms with Gasteiger partial charge < -0.3 is 11.1 Å². The molecule has 0 fully saturated rings. The Morgan fingerprint density at radius 2 is 2.25 bits per heavy atom. The molecule has 0 spiro atoms. The Labute approximate surface area is 113 Å². The minimum Gasteiger partial charge on any atom is -0.393 e. The van der Waals surface area contributed by atoms with Crippen LogP contribution in [0.25, 0.3) is 0 Å². The average molecular weight is 297 g/mol. The summed E-state index contributed by atoms with van der Waals surface area (Å²) in [4.78, 5) is 12.1. The molecular weight excluding hydrogens is 287 g/mol. The molecule has 1 rings (SSSR count).